The van der Waals surface area contributed by atoms with Gasteiger partial charge in [-0.05, 0) is 24.3 Å². The van der Waals surface area contributed by atoms with Crippen molar-refractivity contribution in [2.75, 3.05) is 53.5 Å². The van der Waals surface area contributed by atoms with Crippen molar-refractivity contribution < 1.29 is 19.1 Å². The number of nitrogens with one attached hydrogen (secondary N) is 1. The first-order chi connectivity index (χ1) is 14.1. The van der Waals surface area contributed by atoms with Gasteiger partial charge in [-0.1, -0.05) is 18.2 Å². The number of carbonyl (C=O) groups is 2. The number of rotatable bonds is 7. The second-order valence-corrected chi connectivity index (χ2v) is 6.86. The van der Waals surface area contributed by atoms with E-state index in [0.29, 0.717) is 36.7 Å². The maximum absolute atomic E-state index is 12.5. The Bertz CT molecular complexity index is 811. The van der Waals surface area contributed by atoms with Crippen molar-refractivity contribution >= 4 is 11.8 Å². The van der Waals surface area contributed by atoms with E-state index in [1.165, 1.54) is 0 Å². The van der Waals surface area contributed by atoms with Crippen LogP contribution in [0.2, 0.25) is 0 Å². The van der Waals surface area contributed by atoms with Crippen LogP contribution in [0, 0.1) is 0 Å². The van der Waals surface area contributed by atoms with Gasteiger partial charge in [0, 0.05) is 56.5 Å². The molecule has 1 aliphatic rings. The zero-order chi connectivity index (χ0) is 20.6. The molecule has 0 radical (unpaired) electrons. The minimum absolute atomic E-state index is 0.0746. The van der Waals surface area contributed by atoms with Crippen LogP contribution in [-0.2, 0) is 0 Å². The highest BCUT2D eigenvalue weighted by Crippen LogP contribution is 2.22. The molecule has 1 saturated heterocycles. The minimum atomic E-state index is -0.167. The maximum Gasteiger partial charge on any atom is 0.253 e. The number of carbonyl (C=O) groups excluding carboxylic acids is 2. The molecule has 2 aromatic rings. The van der Waals surface area contributed by atoms with Crippen molar-refractivity contribution in [3.05, 3.63) is 59.7 Å². The summed E-state index contributed by atoms with van der Waals surface area (Å²) in [5, 5.41) is 2.94. The molecule has 1 heterocycles. The lowest BCUT2D eigenvalue weighted by atomic mass is 10.2. The summed E-state index contributed by atoms with van der Waals surface area (Å²) < 4.78 is 10.4. The lowest BCUT2D eigenvalue weighted by Gasteiger charge is -2.34. The highest BCUT2D eigenvalue weighted by Gasteiger charge is 2.21. The molecule has 7 heteroatoms. The zero-order valence-electron chi connectivity index (χ0n) is 16.9. The van der Waals surface area contributed by atoms with Crippen molar-refractivity contribution in [1.29, 1.82) is 0 Å². The fourth-order valence-electron chi connectivity index (χ4n) is 3.31. The number of methoxy groups -OCH3 is 2. The number of benzene rings is 2. The molecule has 0 aromatic heterocycles. The van der Waals surface area contributed by atoms with Gasteiger partial charge >= 0.3 is 0 Å². The van der Waals surface area contributed by atoms with E-state index in [1.54, 1.807) is 32.4 Å². The Kier molecular flexibility index (Phi) is 7.08. The summed E-state index contributed by atoms with van der Waals surface area (Å²) in [6, 6.07) is 14.5. The number of piperazine rings is 1. The molecule has 0 spiro atoms. The molecule has 1 fully saturated rings. The van der Waals surface area contributed by atoms with Gasteiger partial charge in [-0.25, -0.2) is 0 Å². The molecule has 0 bridgehead atoms. The number of hydrogen-bond donors (Lipinski definition) is 1. The fraction of sp³-hybridized carbons (Fsp3) is 0.364. The highest BCUT2D eigenvalue weighted by molar-refractivity contribution is 5.95. The highest BCUT2D eigenvalue weighted by atomic mass is 16.5. The molecular weight excluding hydrogens is 370 g/mol. The second kappa shape index (κ2) is 9.93. The first-order valence-corrected chi connectivity index (χ1v) is 9.68. The summed E-state index contributed by atoms with van der Waals surface area (Å²) in [5.41, 5.74) is 1.22. The average Bonchev–Trinajstić information content (AvgIpc) is 2.79. The molecule has 2 aromatic carbocycles. The molecular formula is C22H27N3O4. The van der Waals surface area contributed by atoms with Crippen LogP contribution in [0.3, 0.4) is 0 Å². The van der Waals surface area contributed by atoms with Crippen molar-refractivity contribution in [2.45, 2.75) is 0 Å². The number of nitrogens with zero attached hydrogens (tertiary/aromatic N) is 2. The van der Waals surface area contributed by atoms with Crippen LogP contribution in [0.1, 0.15) is 20.7 Å². The average molecular weight is 397 g/mol. The van der Waals surface area contributed by atoms with Gasteiger partial charge in [-0.3, -0.25) is 14.5 Å². The first-order valence-electron chi connectivity index (χ1n) is 9.68. The molecule has 7 nitrogen and oxygen atoms in total. The van der Waals surface area contributed by atoms with Crippen LogP contribution in [-0.4, -0.2) is 75.1 Å². The van der Waals surface area contributed by atoms with Crippen molar-refractivity contribution in [3.8, 4) is 11.5 Å². The summed E-state index contributed by atoms with van der Waals surface area (Å²) in [5.74, 6) is 1.06. The summed E-state index contributed by atoms with van der Waals surface area (Å²) >= 11 is 0. The quantitative estimate of drug-likeness (QED) is 0.773. The molecule has 2 amide bonds. The first kappa shape index (κ1) is 20.7. The monoisotopic (exact) mass is 397 g/mol. The molecule has 0 saturated carbocycles. The maximum atomic E-state index is 12.5. The van der Waals surface area contributed by atoms with E-state index in [2.05, 4.69) is 10.2 Å². The van der Waals surface area contributed by atoms with Crippen LogP contribution in [0.4, 0.5) is 0 Å². The van der Waals surface area contributed by atoms with Gasteiger partial charge < -0.3 is 19.7 Å². The largest absolute Gasteiger partial charge is 0.497 e. The summed E-state index contributed by atoms with van der Waals surface area (Å²) in [6.07, 6.45) is 0. The van der Waals surface area contributed by atoms with E-state index >= 15 is 0 Å². The minimum Gasteiger partial charge on any atom is -0.497 e. The summed E-state index contributed by atoms with van der Waals surface area (Å²) in [4.78, 5) is 29.1. The normalized spacial score (nSPS) is 14.3. The van der Waals surface area contributed by atoms with E-state index in [-0.39, 0.29) is 11.8 Å². The van der Waals surface area contributed by atoms with Gasteiger partial charge in [0.05, 0.1) is 14.2 Å². The van der Waals surface area contributed by atoms with Crippen molar-refractivity contribution in [1.82, 2.24) is 15.1 Å². The van der Waals surface area contributed by atoms with Gasteiger partial charge in [-0.2, -0.15) is 0 Å². The van der Waals surface area contributed by atoms with Crippen LogP contribution in [0.25, 0.3) is 0 Å². The Hall–Kier alpha value is -3.06. The predicted octanol–water partition coefficient (Wildman–Crippen LogP) is 1.89. The molecule has 1 N–H and O–H groups in total. The third-order valence-electron chi connectivity index (χ3n) is 5.01. The molecule has 3 rings (SSSR count). The lowest BCUT2D eigenvalue weighted by Crippen LogP contribution is -2.50. The Morgan fingerprint density at radius 3 is 2.10 bits per heavy atom. The number of amides is 2. The van der Waals surface area contributed by atoms with E-state index in [1.807, 2.05) is 35.2 Å². The van der Waals surface area contributed by atoms with Crippen LogP contribution in [0.15, 0.2) is 48.5 Å². The second-order valence-electron chi connectivity index (χ2n) is 6.86. The van der Waals surface area contributed by atoms with E-state index in [0.717, 1.165) is 25.2 Å². The lowest BCUT2D eigenvalue weighted by molar-refractivity contribution is 0.0638. The van der Waals surface area contributed by atoms with Crippen LogP contribution in [0.5, 0.6) is 11.5 Å². The van der Waals surface area contributed by atoms with E-state index in [4.69, 9.17) is 9.47 Å². The fourth-order valence-corrected chi connectivity index (χ4v) is 3.31. The molecule has 29 heavy (non-hydrogen) atoms. The van der Waals surface area contributed by atoms with Gasteiger partial charge in [0.2, 0.25) is 0 Å². The van der Waals surface area contributed by atoms with Gasteiger partial charge in [0.15, 0.2) is 0 Å². The Balaban J connectivity index is 1.44. The van der Waals surface area contributed by atoms with E-state index < -0.39 is 0 Å². The zero-order valence-corrected chi connectivity index (χ0v) is 16.9. The Morgan fingerprint density at radius 2 is 1.52 bits per heavy atom. The smallest absolute Gasteiger partial charge is 0.253 e. The van der Waals surface area contributed by atoms with E-state index in [9.17, 15) is 9.59 Å². The summed E-state index contributed by atoms with van der Waals surface area (Å²) in [7, 11) is 3.11. The SMILES string of the molecule is COc1cc(OC)cc(C(=O)NCCN2CCN(C(=O)c3ccccc3)CC2)c1. The van der Waals surface area contributed by atoms with Gasteiger partial charge in [0.1, 0.15) is 11.5 Å². The predicted molar refractivity (Wildman–Crippen MR) is 111 cm³/mol. The number of hydrogen-bond acceptors (Lipinski definition) is 5. The standard InChI is InChI=1S/C22H27N3O4/c1-28-19-14-18(15-20(16-19)29-2)21(26)23-8-9-24-10-12-25(13-11-24)22(27)17-6-4-3-5-7-17/h3-7,14-16H,8-13H2,1-2H3,(H,23,26). The number of ether oxygens (including phenoxy) is 2. The topological polar surface area (TPSA) is 71.1 Å². The summed E-state index contributed by atoms with van der Waals surface area (Å²) in [6.45, 7) is 4.23. The molecule has 154 valence electrons. The van der Waals surface area contributed by atoms with Gasteiger partial charge in [-0.15, -0.1) is 0 Å². The van der Waals surface area contributed by atoms with Gasteiger partial charge in [0.25, 0.3) is 11.8 Å². The van der Waals surface area contributed by atoms with Crippen LogP contribution >= 0.6 is 0 Å². The Labute approximate surface area is 171 Å². The third-order valence-corrected chi connectivity index (χ3v) is 5.01. The third kappa shape index (κ3) is 5.48. The van der Waals surface area contributed by atoms with Crippen LogP contribution < -0.4 is 14.8 Å². The molecule has 0 aliphatic carbocycles. The Morgan fingerprint density at radius 1 is 0.897 bits per heavy atom. The molecule has 0 unspecified atom stereocenters. The molecule has 1 aliphatic heterocycles. The van der Waals surface area contributed by atoms with Crippen molar-refractivity contribution in [2.24, 2.45) is 0 Å². The van der Waals surface area contributed by atoms with Crippen molar-refractivity contribution in [3.63, 3.8) is 0 Å². The molecule has 0 atom stereocenters.